The van der Waals surface area contributed by atoms with Gasteiger partial charge in [0, 0.05) is 18.2 Å². The van der Waals surface area contributed by atoms with E-state index in [1.165, 1.54) is 7.11 Å². The van der Waals surface area contributed by atoms with Gasteiger partial charge >= 0.3 is 5.97 Å². The summed E-state index contributed by atoms with van der Waals surface area (Å²) in [5.74, 6) is -0.668. The van der Waals surface area contributed by atoms with E-state index in [2.05, 4.69) is 0 Å². The molecule has 0 aliphatic heterocycles. The molecule has 1 fully saturated rings. The molecule has 0 bridgehead atoms. The van der Waals surface area contributed by atoms with E-state index in [1.54, 1.807) is 24.0 Å². The maximum atomic E-state index is 13.0. The quantitative estimate of drug-likeness (QED) is 0.703. The van der Waals surface area contributed by atoms with Crippen molar-refractivity contribution in [2.75, 3.05) is 20.3 Å². The second-order valence-electron chi connectivity index (χ2n) is 7.12. The molecule has 1 N–H and O–H groups in total. The van der Waals surface area contributed by atoms with Gasteiger partial charge in [0.1, 0.15) is 0 Å². The summed E-state index contributed by atoms with van der Waals surface area (Å²) in [4.78, 5) is 25.8. The molecule has 0 spiro atoms. The average molecular weight is 384 g/mol. The van der Waals surface area contributed by atoms with Crippen molar-refractivity contribution in [2.45, 2.75) is 39.7 Å². The fourth-order valence-electron chi connectivity index (χ4n) is 2.56. The Morgan fingerprint density at radius 1 is 1.31 bits per heavy atom. The third-order valence-corrected chi connectivity index (χ3v) is 4.46. The van der Waals surface area contributed by atoms with E-state index in [1.807, 2.05) is 13.8 Å². The number of hydrogen-bond donors (Lipinski definition) is 1. The molecule has 0 heterocycles. The number of carboxylic acids is 1. The van der Waals surface area contributed by atoms with Gasteiger partial charge in [-0.2, -0.15) is 0 Å². The molecule has 0 radical (unpaired) electrons. The summed E-state index contributed by atoms with van der Waals surface area (Å²) in [7, 11) is 1.49. The van der Waals surface area contributed by atoms with Gasteiger partial charge < -0.3 is 19.5 Å². The predicted molar refractivity (Wildman–Crippen MR) is 99.2 cm³/mol. The number of halogens is 1. The predicted octanol–water partition coefficient (Wildman–Crippen LogP) is 3.71. The van der Waals surface area contributed by atoms with Crippen LogP contribution in [0.4, 0.5) is 0 Å². The van der Waals surface area contributed by atoms with Crippen LogP contribution in [0.5, 0.6) is 11.5 Å². The van der Waals surface area contributed by atoms with Crippen molar-refractivity contribution in [2.24, 2.45) is 11.8 Å². The van der Waals surface area contributed by atoms with Crippen LogP contribution in [0.1, 0.15) is 44.0 Å². The molecule has 1 amide bonds. The summed E-state index contributed by atoms with van der Waals surface area (Å²) in [6.45, 7) is 6.30. The van der Waals surface area contributed by atoms with E-state index >= 15 is 0 Å². The number of ether oxygens (including phenoxy) is 2. The number of rotatable bonds is 9. The van der Waals surface area contributed by atoms with Crippen LogP contribution < -0.4 is 9.47 Å². The van der Waals surface area contributed by atoms with Gasteiger partial charge in [-0.1, -0.05) is 32.4 Å². The highest BCUT2D eigenvalue weighted by Gasteiger charge is 2.35. The fourth-order valence-corrected chi connectivity index (χ4v) is 2.82. The van der Waals surface area contributed by atoms with Crippen LogP contribution in [0.2, 0.25) is 5.02 Å². The van der Waals surface area contributed by atoms with Crippen LogP contribution in [0.15, 0.2) is 12.1 Å². The summed E-state index contributed by atoms with van der Waals surface area (Å²) in [5, 5.41) is 9.46. The summed E-state index contributed by atoms with van der Waals surface area (Å²) >= 11 is 6.33. The molecule has 1 saturated carbocycles. The number of nitrogens with zero attached hydrogens (tertiary/aromatic N) is 1. The molecule has 1 aliphatic rings. The van der Waals surface area contributed by atoms with Crippen molar-refractivity contribution in [1.82, 2.24) is 4.90 Å². The van der Waals surface area contributed by atoms with Gasteiger partial charge in [-0.25, -0.2) is 0 Å². The molecule has 2 rings (SSSR count). The second-order valence-corrected chi connectivity index (χ2v) is 7.53. The van der Waals surface area contributed by atoms with Crippen LogP contribution in [-0.4, -0.2) is 48.2 Å². The number of carboxylic acid groups (broad SMARTS) is 1. The van der Waals surface area contributed by atoms with Crippen molar-refractivity contribution in [3.8, 4) is 11.5 Å². The van der Waals surface area contributed by atoms with E-state index in [9.17, 15) is 9.59 Å². The highest BCUT2D eigenvalue weighted by atomic mass is 35.5. The van der Waals surface area contributed by atoms with E-state index < -0.39 is 11.9 Å². The Bertz CT molecular complexity index is 672. The fraction of sp³-hybridized carbons (Fsp3) is 0.579. The lowest BCUT2D eigenvalue weighted by Crippen LogP contribution is -2.38. The van der Waals surface area contributed by atoms with Gasteiger partial charge in [0.2, 0.25) is 0 Å². The highest BCUT2D eigenvalue weighted by molar-refractivity contribution is 6.32. The molecule has 1 atom stereocenters. The minimum atomic E-state index is -0.920. The molecule has 1 unspecified atom stereocenters. The maximum Gasteiger partial charge on any atom is 0.308 e. The van der Waals surface area contributed by atoms with E-state index in [0.717, 1.165) is 12.8 Å². The smallest absolute Gasteiger partial charge is 0.308 e. The van der Waals surface area contributed by atoms with Crippen LogP contribution in [0.3, 0.4) is 0 Å². The number of aliphatic carboxylic acids is 1. The van der Waals surface area contributed by atoms with Gasteiger partial charge in [-0.3, -0.25) is 9.59 Å². The van der Waals surface area contributed by atoms with Gasteiger partial charge in [0.25, 0.3) is 5.91 Å². The first-order valence-corrected chi connectivity index (χ1v) is 9.16. The third-order valence-electron chi connectivity index (χ3n) is 4.18. The zero-order valence-corrected chi connectivity index (χ0v) is 16.4. The molecule has 1 aromatic carbocycles. The number of carbonyl (C=O) groups excluding carboxylic acids is 1. The lowest BCUT2D eigenvalue weighted by molar-refractivity contribution is -0.141. The Kier molecular flexibility index (Phi) is 6.75. The molecule has 0 aromatic heterocycles. The molecule has 7 heteroatoms. The van der Waals surface area contributed by atoms with Gasteiger partial charge in [-0.15, -0.1) is 0 Å². The van der Waals surface area contributed by atoms with Gasteiger partial charge in [-0.05, 0) is 30.9 Å². The molecular weight excluding hydrogens is 358 g/mol. The lowest BCUT2D eigenvalue weighted by Gasteiger charge is -2.25. The molecule has 6 nitrogen and oxygen atoms in total. The number of carbonyl (C=O) groups is 2. The molecule has 1 aromatic rings. The molecule has 144 valence electrons. The summed E-state index contributed by atoms with van der Waals surface area (Å²) in [5.41, 5.74) is 0.369. The average Bonchev–Trinajstić information content (AvgIpc) is 3.41. The third kappa shape index (κ3) is 5.04. The van der Waals surface area contributed by atoms with Crippen LogP contribution in [0, 0.1) is 11.8 Å². The summed E-state index contributed by atoms with van der Waals surface area (Å²) in [6, 6.07) is 3.25. The van der Waals surface area contributed by atoms with Crippen molar-refractivity contribution < 1.29 is 24.2 Å². The zero-order valence-electron chi connectivity index (χ0n) is 15.6. The normalized spacial score (nSPS) is 14.8. The number of benzene rings is 1. The Morgan fingerprint density at radius 2 is 1.96 bits per heavy atom. The van der Waals surface area contributed by atoms with Gasteiger partial charge in [0.05, 0.1) is 24.7 Å². The molecular formula is C19H26ClNO5. The van der Waals surface area contributed by atoms with E-state index in [0.29, 0.717) is 34.6 Å². The zero-order chi connectivity index (χ0) is 19.4. The van der Waals surface area contributed by atoms with Crippen molar-refractivity contribution in [3.05, 3.63) is 22.7 Å². The maximum absolute atomic E-state index is 13.0. The minimum absolute atomic E-state index is 0.0888. The van der Waals surface area contributed by atoms with E-state index in [-0.39, 0.29) is 18.5 Å². The number of amides is 1. The van der Waals surface area contributed by atoms with Gasteiger partial charge in [0.15, 0.2) is 11.5 Å². The highest BCUT2D eigenvalue weighted by Crippen LogP contribution is 2.38. The number of hydrogen-bond acceptors (Lipinski definition) is 4. The second kappa shape index (κ2) is 8.62. The molecule has 1 aliphatic carbocycles. The van der Waals surface area contributed by atoms with Crippen LogP contribution >= 0.6 is 11.6 Å². The Hall–Kier alpha value is -1.95. The first kappa shape index (κ1) is 20.4. The topological polar surface area (TPSA) is 76.1 Å². The van der Waals surface area contributed by atoms with Crippen molar-refractivity contribution >= 4 is 23.5 Å². The Labute approximate surface area is 159 Å². The Morgan fingerprint density at radius 3 is 2.46 bits per heavy atom. The van der Waals surface area contributed by atoms with Crippen molar-refractivity contribution in [1.29, 1.82) is 0 Å². The first-order valence-electron chi connectivity index (χ1n) is 8.78. The number of methoxy groups -OCH3 is 1. The Balaban J connectivity index is 2.26. The SMILES string of the molecule is COc1cc(C(=O)N(CC(C)C(=O)O)C2CC2)cc(Cl)c1OCC(C)C. The monoisotopic (exact) mass is 383 g/mol. The van der Waals surface area contributed by atoms with Crippen LogP contribution in [-0.2, 0) is 4.79 Å². The van der Waals surface area contributed by atoms with Crippen molar-refractivity contribution in [3.63, 3.8) is 0 Å². The molecule has 26 heavy (non-hydrogen) atoms. The molecule has 0 saturated heterocycles. The standard InChI is InChI=1S/C19H26ClNO5/c1-11(2)10-26-17-15(20)7-13(8-16(17)25-4)18(22)21(14-5-6-14)9-12(3)19(23)24/h7-8,11-12,14H,5-6,9-10H2,1-4H3,(H,23,24). The van der Waals surface area contributed by atoms with Crippen LogP contribution in [0.25, 0.3) is 0 Å². The summed E-state index contributed by atoms with van der Waals surface area (Å²) < 4.78 is 11.1. The largest absolute Gasteiger partial charge is 0.493 e. The summed E-state index contributed by atoms with van der Waals surface area (Å²) in [6.07, 6.45) is 1.77. The minimum Gasteiger partial charge on any atom is -0.493 e. The van der Waals surface area contributed by atoms with E-state index in [4.69, 9.17) is 26.2 Å². The lowest BCUT2D eigenvalue weighted by atomic mass is 10.1. The first-order chi connectivity index (χ1) is 12.2.